The molecule has 0 atom stereocenters. The standard InChI is InChI=1S/C21H25N3O6/c1-13-9-14(2)20(15(3)10-13)23-19(25)12-30-21(26)16-5-6-17(22-7-8-29-4)18(11-16)24(27)28/h5-6,9-11,22H,7-8,12H2,1-4H3,(H,23,25). The molecule has 0 aromatic heterocycles. The fourth-order valence-corrected chi connectivity index (χ4v) is 3.01. The number of nitrogens with zero attached hydrogens (tertiary/aromatic N) is 1. The normalized spacial score (nSPS) is 10.4. The number of hydrogen-bond donors (Lipinski definition) is 2. The van der Waals surface area contributed by atoms with E-state index in [0.29, 0.717) is 18.8 Å². The zero-order valence-corrected chi connectivity index (χ0v) is 17.4. The molecule has 0 fully saturated rings. The van der Waals surface area contributed by atoms with Crippen LogP contribution < -0.4 is 10.6 Å². The highest BCUT2D eigenvalue weighted by Crippen LogP contribution is 2.26. The van der Waals surface area contributed by atoms with Crippen molar-refractivity contribution in [2.45, 2.75) is 20.8 Å². The van der Waals surface area contributed by atoms with E-state index in [2.05, 4.69) is 10.6 Å². The van der Waals surface area contributed by atoms with Crippen molar-refractivity contribution < 1.29 is 24.0 Å². The maximum absolute atomic E-state index is 12.3. The predicted octanol–water partition coefficient (Wildman–Crippen LogP) is 3.37. The van der Waals surface area contributed by atoms with E-state index in [-0.39, 0.29) is 16.9 Å². The smallest absolute Gasteiger partial charge is 0.338 e. The summed E-state index contributed by atoms with van der Waals surface area (Å²) in [6, 6.07) is 7.82. The average molecular weight is 415 g/mol. The molecular formula is C21H25N3O6. The number of benzene rings is 2. The fourth-order valence-electron chi connectivity index (χ4n) is 3.01. The third-order valence-corrected chi connectivity index (χ3v) is 4.33. The maximum atomic E-state index is 12.3. The van der Waals surface area contributed by atoms with Gasteiger partial charge in [-0.1, -0.05) is 17.7 Å². The number of nitro benzene ring substituents is 1. The summed E-state index contributed by atoms with van der Waals surface area (Å²) in [5.41, 5.74) is 3.53. The second-order valence-electron chi connectivity index (χ2n) is 6.81. The number of anilines is 2. The molecule has 30 heavy (non-hydrogen) atoms. The number of esters is 1. The topological polar surface area (TPSA) is 120 Å². The van der Waals surface area contributed by atoms with Crippen molar-refractivity contribution >= 4 is 28.9 Å². The van der Waals surface area contributed by atoms with Gasteiger partial charge in [-0.05, 0) is 44.0 Å². The second kappa shape index (κ2) is 10.4. The molecule has 160 valence electrons. The first-order chi connectivity index (χ1) is 14.2. The van der Waals surface area contributed by atoms with Gasteiger partial charge in [0.15, 0.2) is 6.61 Å². The van der Waals surface area contributed by atoms with Gasteiger partial charge in [0.05, 0.1) is 17.1 Å². The zero-order valence-electron chi connectivity index (χ0n) is 17.4. The molecule has 9 heteroatoms. The lowest BCUT2D eigenvalue weighted by molar-refractivity contribution is -0.384. The van der Waals surface area contributed by atoms with Crippen LogP contribution >= 0.6 is 0 Å². The Morgan fingerprint density at radius 3 is 2.37 bits per heavy atom. The van der Waals surface area contributed by atoms with Crippen LogP contribution in [0.15, 0.2) is 30.3 Å². The van der Waals surface area contributed by atoms with Gasteiger partial charge in [0.25, 0.3) is 11.6 Å². The minimum atomic E-state index is -0.825. The number of hydrogen-bond acceptors (Lipinski definition) is 7. The summed E-state index contributed by atoms with van der Waals surface area (Å²) >= 11 is 0. The minimum absolute atomic E-state index is 0.0190. The monoisotopic (exact) mass is 415 g/mol. The van der Waals surface area contributed by atoms with Crippen LogP contribution in [-0.2, 0) is 14.3 Å². The van der Waals surface area contributed by atoms with E-state index in [4.69, 9.17) is 9.47 Å². The van der Waals surface area contributed by atoms with E-state index < -0.39 is 23.4 Å². The Morgan fingerprint density at radius 2 is 1.77 bits per heavy atom. The summed E-state index contributed by atoms with van der Waals surface area (Å²) in [4.78, 5) is 35.2. The second-order valence-corrected chi connectivity index (χ2v) is 6.81. The van der Waals surface area contributed by atoms with Crippen LogP contribution in [-0.4, -0.2) is 43.7 Å². The Labute approximate surface area is 174 Å². The largest absolute Gasteiger partial charge is 0.452 e. The van der Waals surface area contributed by atoms with E-state index in [9.17, 15) is 19.7 Å². The highest BCUT2D eigenvalue weighted by Gasteiger charge is 2.19. The molecule has 0 radical (unpaired) electrons. The van der Waals surface area contributed by atoms with Crippen molar-refractivity contribution in [2.75, 3.05) is 37.5 Å². The number of nitrogens with one attached hydrogen (secondary N) is 2. The molecule has 0 saturated heterocycles. The van der Waals surface area contributed by atoms with Crippen LogP contribution in [0.5, 0.6) is 0 Å². The van der Waals surface area contributed by atoms with E-state index in [0.717, 1.165) is 22.8 Å². The molecule has 0 saturated carbocycles. The lowest BCUT2D eigenvalue weighted by Crippen LogP contribution is -2.22. The molecule has 0 aliphatic heterocycles. The van der Waals surface area contributed by atoms with Crippen LogP contribution in [0.1, 0.15) is 27.0 Å². The molecule has 0 aliphatic rings. The van der Waals surface area contributed by atoms with Crippen LogP contribution in [0.25, 0.3) is 0 Å². The Balaban J connectivity index is 2.03. The lowest BCUT2D eigenvalue weighted by Gasteiger charge is -2.13. The van der Waals surface area contributed by atoms with Gasteiger partial charge in [0.1, 0.15) is 5.69 Å². The van der Waals surface area contributed by atoms with Gasteiger partial charge in [-0.15, -0.1) is 0 Å². The zero-order chi connectivity index (χ0) is 22.3. The van der Waals surface area contributed by atoms with Crippen LogP contribution in [0.3, 0.4) is 0 Å². The first kappa shape index (κ1) is 22.8. The molecule has 0 aliphatic carbocycles. The van der Waals surface area contributed by atoms with Gasteiger partial charge in [-0.3, -0.25) is 14.9 Å². The molecule has 9 nitrogen and oxygen atoms in total. The quantitative estimate of drug-likeness (QED) is 0.279. The number of carbonyl (C=O) groups is 2. The van der Waals surface area contributed by atoms with E-state index in [1.807, 2.05) is 32.9 Å². The summed E-state index contributed by atoms with van der Waals surface area (Å²) in [7, 11) is 1.52. The van der Waals surface area contributed by atoms with Crippen LogP contribution in [0, 0.1) is 30.9 Å². The number of rotatable bonds is 9. The fraction of sp³-hybridized carbons (Fsp3) is 0.333. The Kier molecular flexibility index (Phi) is 7.88. The molecule has 2 aromatic carbocycles. The van der Waals surface area contributed by atoms with Gasteiger partial charge in [-0.2, -0.15) is 0 Å². The Bertz CT molecular complexity index is 935. The average Bonchev–Trinajstić information content (AvgIpc) is 2.69. The molecule has 0 bridgehead atoms. The molecule has 2 rings (SSSR count). The third-order valence-electron chi connectivity index (χ3n) is 4.33. The summed E-state index contributed by atoms with van der Waals surface area (Å²) in [5.74, 6) is -1.32. The predicted molar refractivity (Wildman–Crippen MR) is 113 cm³/mol. The number of ether oxygens (including phenoxy) is 2. The van der Waals surface area contributed by atoms with Gasteiger partial charge < -0.3 is 20.1 Å². The summed E-state index contributed by atoms with van der Waals surface area (Å²) in [6.45, 7) is 5.96. The van der Waals surface area contributed by atoms with Gasteiger partial charge in [0, 0.05) is 25.4 Å². The summed E-state index contributed by atoms with van der Waals surface area (Å²) in [6.07, 6.45) is 0. The third kappa shape index (κ3) is 6.02. The number of carbonyl (C=O) groups excluding carboxylic acids is 2. The molecule has 0 heterocycles. The number of aryl methyl sites for hydroxylation is 3. The first-order valence-electron chi connectivity index (χ1n) is 9.29. The van der Waals surface area contributed by atoms with Crippen molar-refractivity contribution in [1.29, 1.82) is 0 Å². The van der Waals surface area contributed by atoms with Crippen LogP contribution in [0.4, 0.5) is 17.1 Å². The Morgan fingerprint density at radius 1 is 1.10 bits per heavy atom. The van der Waals surface area contributed by atoms with Crippen molar-refractivity contribution in [3.63, 3.8) is 0 Å². The van der Waals surface area contributed by atoms with E-state index in [1.54, 1.807) is 0 Å². The molecule has 2 aromatic rings. The lowest BCUT2D eigenvalue weighted by atomic mass is 10.1. The summed E-state index contributed by atoms with van der Waals surface area (Å²) in [5, 5.41) is 16.9. The SMILES string of the molecule is COCCNc1ccc(C(=O)OCC(=O)Nc2c(C)cc(C)cc2C)cc1[N+](=O)[O-]. The molecule has 2 N–H and O–H groups in total. The first-order valence-corrected chi connectivity index (χ1v) is 9.29. The highest BCUT2D eigenvalue weighted by atomic mass is 16.6. The molecule has 0 spiro atoms. The summed E-state index contributed by atoms with van der Waals surface area (Å²) < 4.78 is 9.92. The van der Waals surface area contributed by atoms with Crippen molar-refractivity contribution in [3.8, 4) is 0 Å². The molecular weight excluding hydrogens is 390 g/mol. The van der Waals surface area contributed by atoms with E-state index in [1.165, 1.54) is 19.2 Å². The maximum Gasteiger partial charge on any atom is 0.338 e. The van der Waals surface area contributed by atoms with Crippen molar-refractivity contribution in [2.24, 2.45) is 0 Å². The van der Waals surface area contributed by atoms with Gasteiger partial charge >= 0.3 is 5.97 Å². The molecule has 0 unspecified atom stereocenters. The number of amides is 1. The number of methoxy groups -OCH3 is 1. The van der Waals surface area contributed by atoms with Crippen molar-refractivity contribution in [1.82, 2.24) is 0 Å². The van der Waals surface area contributed by atoms with Gasteiger partial charge in [0.2, 0.25) is 0 Å². The molecule has 1 amide bonds. The number of nitro groups is 1. The van der Waals surface area contributed by atoms with Gasteiger partial charge in [-0.25, -0.2) is 4.79 Å². The van der Waals surface area contributed by atoms with E-state index >= 15 is 0 Å². The van der Waals surface area contributed by atoms with Crippen molar-refractivity contribution in [3.05, 3.63) is 62.7 Å². The Hall–Kier alpha value is -3.46. The minimum Gasteiger partial charge on any atom is -0.452 e. The highest BCUT2D eigenvalue weighted by molar-refractivity contribution is 5.97. The van der Waals surface area contributed by atoms with Crippen LogP contribution in [0.2, 0.25) is 0 Å².